The molecule has 1 atom stereocenters. The minimum Gasteiger partial charge on any atom is -0.388 e. The van der Waals surface area contributed by atoms with E-state index in [0.29, 0.717) is 31.7 Å². The molecule has 1 aliphatic carbocycles. The first-order valence-electron chi connectivity index (χ1n) is 7.04. The van der Waals surface area contributed by atoms with Gasteiger partial charge in [-0.2, -0.15) is 0 Å². The molecule has 3 heteroatoms. The van der Waals surface area contributed by atoms with Gasteiger partial charge in [-0.25, -0.2) is 0 Å². The van der Waals surface area contributed by atoms with E-state index in [1.165, 1.54) is 11.1 Å². The first-order chi connectivity index (χ1) is 8.98. The summed E-state index contributed by atoms with van der Waals surface area (Å²) in [6.07, 6.45) is 2.75. The molecule has 0 aromatic heterocycles. The van der Waals surface area contributed by atoms with Crippen LogP contribution in [-0.2, 0) is 17.6 Å². The highest BCUT2D eigenvalue weighted by molar-refractivity contribution is 5.76. The fourth-order valence-electron chi connectivity index (χ4n) is 2.64. The fraction of sp³-hybridized carbons (Fsp3) is 0.562. The Balaban J connectivity index is 1.93. The van der Waals surface area contributed by atoms with Gasteiger partial charge in [-0.3, -0.25) is 4.79 Å². The van der Waals surface area contributed by atoms with Gasteiger partial charge < -0.3 is 10.4 Å². The fourth-order valence-corrected chi connectivity index (χ4v) is 2.64. The van der Waals surface area contributed by atoms with Crippen molar-refractivity contribution in [2.24, 2.45) is 5.92 Å². The van der Waals surface area contributed by atoms with Crippen LogP contribution in [0.2, 0.25) is 0 Å². The summed E-state index contributed by atoms with van der Waals surface area (Å²) >= 11 is 0. The Morgan fingerprint density at radius 1 is 1.37 bits per heavy atom. The molecule has 1 amide bonds. The molecule has 19 heavy (non-hydrogen) atoms. The normalized spacial score (nSPS) is 22.1. The minimum atomic E-state index is -0.791. The lowest BCUT2D eigenvalue weighted by atomic mass is 9.80. The summed E-state index contributed by atoms with van der Waals surface area (Å²) in [6.45, 7) is 4.39. The maximum atomic E-state index is 11.7. The molecule has 0 aliphatic heterocycles. The van der Waals surface area contributed by atoms with Gasteiger partial charge in [-0.15, -0.1) is 0 Å². The predicted octanol–water partition coefficient (Wildman–Crippen LogP) is 2.07. The van der Waals surface area contributed by atoms with Crippen molar-refractivity contribution < 1.29 is 9.90 Å². The van der Waals surface area contributed by atoms with E-state index < -0.39 is 5.60 Å². The number of aryl methyl sites for hydroxylation is 1. The summed E-state index contributed by atoms with van der Waals surface area (Å²) in [5.74, 6) is 0.379. The van der Waals surface area contributed by atoms with E-state index in [1.54, 1.807) is 0 Å². The predicted molar refractivity (Wildman–Crippen MR) is 75.9 cm³/mol. The Morgan fingerprint density at radius 3 is 2.74 bits per heavy atom. The van der Waals surface area contributed by atoms with Crippen LogP contribution >= 0.6 is 0 Å². The van der Waals surface area contributed by atoms with Crippen molar-refractivity contribution >= 4 is 5.91 Å². The molecule has 1 aromatic rings. The van der Waals surface area contributed by atoms with Gasteiger partial charge in [0.05, 0.1) is 5.60 Å². The monoisotopic (exact) mass is 261 g/mol. The molecular weight excluding hydrogens is 238 g/mol. The molecule has 0 spiro atoms. The highest BCUT2D eigenvalue weighted by atomic mass is 16.3. The van der Waals surface area contributed by atoms with Crippen LogP contribution in [-0.4, -0.2) is 23.2 Å². The third kappa shape index (κ3) is 3.80. The number of fused-ring (bicyclic) bond motifs is 1. The van der Waals surface area contributed by atoms with Crippen molar-refractivity contribution in [1.29, 1.82) is 0 Å². The van der Waals surface area contributed by atoms with Crippen LogP contribution < -0.4 is 5.32 Å². The number of nitrogens with one attached hydrogen (secondary N) is 1. The highest BCUT2D eigenvalue weighted by Gasteiger charge is 2.32. The maximum Gasteiger partial charge on any atom is 0.220 e. The Morgan fingerprint density at radius 2 is 2.05 bits per heavy atom. The topological polar surface area (TPSA) is 49.3 Å². The standard InChI is InChI=1S/C16H23NO2/c1-12(2)9-15(18)17-11-16(19)8-7-13-5-3-4-6-14(13)10-16/h3-6,12,19H,7-11H2,1-2H3,(H,17,18). The molecule has 0 radical (unpaired) electrons. The summed E-state index contributed by atoms with van der Waals surface area (Å²) in [4.78, 5) is 11.7. The van der Waals surface area contributed by atoms with Crippen molar-refractivity contribution in [2.75, 3.05) is 6.54 Å². The molecular formula is C16H23NO2. The van der Waals surface area contributed by atoms with Crippen LogP contribution in [0.1, 0.15) is 37.8 Å². The molecule has 0 saturated heterocycles. The second-order valence-corrected chi connectivity index (χ2v) is 6.04. The Labute approximate surface area is 115 Å². The quantitative estimate of drug-likeness (QED) is 0.871. The van der Waals surface area contributed by atoms with Crippen LogP contribution in [0.15, 0.2) is 24.3 Å². The average Bonchev–Trinajstić information content (AvgIpc) is 2.36. The van der Waals surface area contributed by atoms with E-state index in [4.69, 9.17) is 0 Å². The van der Waals surface area contributed by atoms with Gasteiger partial charge >= 0.3 is 0 Å². The first kappa shape index (κ1) is 14.1. The Hall–Kier alpha value is -1.35. The number of hydrogen-bond acceptors (Lipinski definition) is 2. The van der Waals surface area contributed by atoms with Crippen LogP contribution in [0.5, 0.6) is 0 Å². The molecule has 1 unspecified atom stereocenters. The zero-order valence-corrected chi connectivity index (χ0v) is 11.8. The molecule has 2 rings (SSSR count). The summed E-state index contributed by atoms with van der Waals surface area (Å²) < 4.78 is 0. The van der Waals surface area contributed by atoms with Gasteiger partial charge in [0.2, 0.25) is 5.91 Å². The van der Waals surface area contributed by atoms with E-state index in [9.17, 15) is 9.90 Å². The van der Waals surface area contributed by atoms with Crippen LogP contribution in [0, 0.1) is 5.92 Å². The third-order valence-electron chi connectivity index (χ3n) is 3.71. The second kappa shape index (κ2) is 5.74. The zero-order valence-electron chi connectivity index (χ0n) is 11.8. The van der Waals surface area contributed by atoms with Crippen LogP contribution in [0.4, 0.5) is 0 Å². The van der Waals surface area contributed by atoms with Crippen LogP contribution in [0.3, 0.4) is 0 Å². The largest absolute Gasteiger partial charge is 0.388 e. The van der Waals surface area contributed by atoms with E-state index in [2.05, 4.69) is 17.4 Å². The second-order valence-electron chi connectivity index (χ2n) is 6.04. The smallest absolute Gasteiger partial charge is 0.220 e. The van der Waals surface area contributed by atoms with Crippen LogP contribution in [0.25, 0.3) is 0 Å². The van der Waals surface area contributed by atoms with E-state index in [0.717, 1.165) is 6.42 Å². The number of carbonyl (C=O) groups is 1. The van der Waals surface area contributed by atoms with Crippen molar-refractivity contribution in [1.82, 2.24) is 5.32 Å². The van der Waals surface area contributed by atoms with Crippen molar-refractivity contribution in [3.05, 3.63) is 35.4 Å². The number of benzene rings is 1. The summed E-state index contributed by atoms with van der Waals surface area (Å²) in [5, 5.41) is 13.5. The number of aliphatic hydroxyl groups is 1. The zero-order chi connectivity index (χ0) is 13.9. The van der Waals surface area contributed by atoms with Crippen molar-refractivity contribution in [3.8, 4) is 0 Å². The lowest BCUT2D eigenvalue weighted by Gasteiger charge is -2.33. The molecule has 0 bridgehead atoms. The Bertz CT molecular complexity index is 456. The molecule has 1 aliphatic rings. The molecule has 2 N–H and O–H groups in total. The van der Waals surface area contributed by atoms with E-state index >= 15 is 0 Å². The Kier molecular flexibility index (Phi) is 4.25. The lowest BCUT2D eigenvalue weighted by molar-refractivity contribution is -0.123. The number of amides is 1. The first-order valence-corrected chi connectivity index (χ1v) is 7.04. The van der Waals surface area contributed by atoms with Gasteiger partial charge in [-0.05, 0) is 29.9 Å². The van der Waals surface area contributed by atoms with Gasteiger partial charge in [0.15, 0.2) is 0 Å². The SMILES string of the molecule is CC(C)CC(=O)NCC1(O)CCc2ccccc2C1. The summed E-state index contributed by atoms with van der Waals surface area (Å²) in [5.41, 5.74) is 1.73. The third-order valence-corrected chi connectivity index (χ3v) is 3.71. The van der Waals surface area contributed by atoms with E-state index in [-0.39, 0.29) is 5.91 Å². The molecule has 1 aromatic carbocycles. The highest BCUT2D eigenvalue weighted by Crippen LogP contribution is 2.28. The lowest BCUT2D eigenvalue weighted by Crippen LogP contribution is -2.46. The van der Waals surface area contributed by atoms with Gasteiger partial charge in [0.25, 0.3) is 0 Å². The summed E-state index contributed by atoms with van der Waals surface area (Å²) in [6, 6.07) is 8.22. The number of carbonyl (C=O) groups excluding carboxylic acids is 1. The number of rotatable bonds is 4. The van der Waals surface area contributed by atoms with Gasteiger partial charge in [0.1, 0.15) is 0 Å². The summed E-state index contributed by atoms with van der Waals surface area (Å²) in [7, 11) is 0. The van der Waals surface area contributed by atoms with Gasteiger partial charge in [-0.1, -0.05) is 38.1 Å². The van der Waals surface area contributed by atoms with Crippen molar-refractivity contribution in [2.45, 2.75) is 45.1 Å². The van der Waals surface area contributed by atoms with E-state index in [1.807, 2.05) is 26.0 Å². The maximum absolute atomic E-state index is 11.7. The average molecular weight is 261 g/mol. The molecule has 104 valence electrons. The molecule has 0 saturated carbocycles. The minimum absolute atomic E-state index is 0.0299. The molecule has 0 fully saturated rings. The number of hydrogen-bond donors (Lipinski definition) is 2. The van der Waals surface area contributed by atoms with Gasteiger partial charge in [0, 0.05) is 19.4 Å². The molecule has 3 nitrogen and oxygen atoms in total. The molecule has 0 heterocycles. The van der Waals surface area contributed by atoms with Crippen molar-refractivity contribution in [3.63, 3.8) is 0 Å².